The molecule has 0 aliphatic heterocycles. The summed E-state index contributed by atoms with van der Waals surface area (Å²) < 4.78 is 26.1. The zero-order valence-corrected chi connectivity index (χ0v) is 13.0. The maximum atomic E-state index is 10.9. The number of hydrogen-bond acceptors (Lipinski definition) is 6. The van der Waals surface area contributed by atoms with Crippen molar-refractivity contribution < 1.29 is 12.7 Å². The minimum atomic E-state index is -3.62. The molecule has 1 aromatic heterocycles. The quantitative estimate of drug-likeness (QED) is 0.633. The first-order valence-corrected chi connectivity index (χ1v) is 8.61. The lowest BCUT2D eigenvalue weighted by molar-refractivity contribution is 0.344. The van der Waals surface area contributed by atoms with Gasteiger partial charge in [0.05, 0.1) is 11.8 Å². The number of nitriles is 1. The van der Waals surface area contributed by atoms with Gasteiger partial charge in [-0.25, -0.2) is 0 Å². The van der Waals surface area contributed by atoms with E-state index in [4.69, 9.17) is 0 Å². The minimum Gasteiger partial charge on any atom is -0.268 e. The van der Waals surface area contributed by atoms with Crippen LogP contribution in [0.4, 0.5) is 0 Å². The fourth-order valence-electron chi connectivity index (χ4n) is 1.62. The van der Waals surface area contributed by atoms with Crippen LogP contribution in [0, 0.1) is 18.3 Å². The van der Waals surface area contributed by atoms with E-state index in [9.17, 15) is 13.7 Å². The molecule has 5 nitrogen and oxygen atoms in total. The van der Waals surface area contributed by atoms with Crippen molar-refractivity contribution in [1.29, 1.82) is 5.26 Å². The van der Waals surface area contributed by atoms with Gasteiger partial charge < -0.3 is 0 Å². The summed E-state index contributed by atoms with van der Waals surface area (Å²) in [4.78, 5) is 0.895. The standard InChI is InChI=1S/C14H12N2O3S2/c1-10-7-14(20-9-10)13(8-15)11-3-5-12(6-4-11)16-19-21(2,17)18/h3-7,9H,1-2H3. The van der Waals surface area contributed by atoms with Crippen LogP contribution in [0.5, 0.6) is 0 Å². The van der Waals surface area contributed by atoms with E-state index in [1.54, 1.807) is 24.3 Å². The van der Waals surface area contributed by atoms with E-state index in [-0.39, 0.29) is 0 Å². The Balaban J connectivity index is 2.28. The molecule has 1 aromatic rings. The molecule has 1 aliphatic rings. The van der Waals surface area contributed by atoms with Gasteiger partial charge in [-0.3, -0.25) is 4.28 Å². The molecule has 0 radical (unpaired) electrons. The second kappa shape index (κ2) is 6.08. The lowest BCUT2D eigenvalue weighted by Crippen LogP contribution is -2.01. The largest absolute Gasteiger partial charge is 0.325 e. The molecule has 0 aromatic carbocycles. The van der Waals surface area contributed by atoms with Crippen molar-refractivity contribution in [2.75, 3.05) is 6.26 Å². The minimum absolute atomic E-state index is 0.365. The number of rotatable bonds is 3. The molecule has 0 bridgehead atoms. The highest BCUT2D eigenvalue weighted by Gasteiger charge is 2.10. The summed E-state index contributed by atoms with van der Waals surface area (Å²) in [6, 6.07) is 4.15. The van der Waals surface area contributed by atoms with Gasteiger partial charge in [0.15, 0.2) is 0 Å². The summed E-state index contributed by atoms with van der Waals surface area (Å²) in [5, 5.41) is 14.8. The molecule has 0 N–H and O–H groups in total. The van der Waals surface area contributed by atoms with Crippen molar-refractivity contribution in [2.24, 2.45) is 5.16 Å². The van der Waals surface area contributed by atoms with Crippen LogP contribution in [0.3, 0.4) is 0 Å². The third-order valence-corrected chi connectivity index (χ3v) is 3.93. The van der Waals surface area contributed by atoms with Crippen LogP contribution in [0.1, 0.15) is 10.4 Å². The van der Waals surface area contributed by atoms with Crippen molar-refractivity contribution in [3.63, 3.8) is 0 Å². The second-order valence-corrected chi connectivity index (χ2v) is 6.86. The van der Waals surface area contributed by atoms with Gasteiger partial charge in [-0.05, 0) is 41.7 Å². The molecule has 108 valence electrons. The molecular weight excluding hydrogens is 308 g/mol. The molecule has 21 heavy (non-hydrogen) atoms. The molecule has 0 saturated carbocycles. The van der Waals surface area contributed by atoms with E-state index < -0.39 is 10.1 Å². The summed E-state index contributed by atoms with van der Waals surface area (Å²) in [7, 11) is -3.62. The Hall–Kier alpha value is -2.17. The Kier molecular flexibility index (Phi) is 4.40. The topological polar surface area (TPSA) is 79.5 Å². The van der Waals surface area contributed by atoms with Crippen molar-refractivity contribution in [2.45, 2.75) is 6.92 Å². The van der Waals surface area contributed by atoms with Gasteiger partial charge in [-0.1, -0.05) is 17.3 Å². The SMILES string of the molecule is Cc1csc(C(C#N)=C2C=CC(=NOS(C)(=O)=O)C=C2)c1. The van der Waals surface area contributed by atoms with E-state index in [0.717, 1.165) is 22.3 Å². The Morgan fingerprint density at radius 3 is 2.48 bits per heavy atom. The average Bonchev–Trinajstić information content (AvgIpc) is 2.84. The maximum Gasteiger partial charge on any atom is 0.325 e. The molecule has 1 heterocycles. The predicted octanol–water partition coefficient (Wildman–Crippen LogP) is 2.79. The summed E-state index contributed by atoms with van der Waals surface area (Å²) >= 11 is 1.51. The Bertz CT molecular complexity index is 801. The monoisotopic (exact) mass is 320 g/mol. The van der Waals surface area contributed by atoms with Crippen LogP contribution in [-0.4, -0.2) is 20.4 Å². The highest BCUT2D eigenvalue weighted by atomic mass is 32.2. The van der Waals surface area contributed by atoms with Crippen molar-refractivity contribution in [3.8, 4) is 6.07 Å². The van der Waals surface area contributed by atoms with Crippen LogP contribution in [-0.2, 0) is 14.4 Å². The second-order valence-electron chi connectivity index (χ2n) is 4.39. The van der Waals surface area contributed by atoms with Gasteiger partial charge in [0.1, 0.15) is 11.8 Å². The highest BCUT2D eigenvalue weighted by Crippen LogP contribution is 2.27. The molecule has 0 unspecified atom stereocenters. The predicted molar refractivity (Wildman–Crippen MR) is 83.2 cm³/mol. The number of allylic oxidation sites excluding steroid dienone is 6. The van der Waals surface area contributed by atoms with E-state index in [1.165, 1.54) is 11.3 Å². The molecule has 1 aliphatic carbocycles. The fraction of sp³-hybridized carbons (Fsp3) is 0.143. The first kappa shape index (κ1) is 15.2. The van der Waals surface area contributed by atoms with Gasteiger partial charge >= 0.3 is 10.1 Å². The van der Waals surface area contributed by atoms with Crippen LogP contribution in [0.25, 0.3) is 5.57 Å². The van der Waals surface area contributed by atoms with E-state index in [1.807, 2.05) is 18.4 Å². The molecule has 0 fully saturated rings. The number of oxime groups is 1. The first-order chi connectivity index (χ1) is 9.89. The molecule has 0 spiro atoms. The van der Waals surface area contributed by atoms with Crippen molar-refractivity contribution in [3.05, 3.63) is 51.8 Å². The molecule has 0 saturated heterocycles. The van der Waals surface area contributed by atoms with E-state index in [0.29, 0.717) is 11.3 Å². The van der Waals surface area contributed by atoms with Gasteiger partial charge in [0.25, 0.3) is 0 Å². The van der Waals surface area contributed by atoms with Gasteiger partial charge in [0, 0.05) is 4.88 Å². The summed E-state index contributed by atoms with van der Waals surface area (Å²) in [6.45, 7) is 1.97. The van der Waals surface area contributed by atoms with Crippen LogP contribution >= 0.6 is 11.3 Å². The lowest BCUT2D eigenvalue weighted by atomic mass is 10.0. The fourth-order valence-corrected chi connectivity index (χ4v) is 2.76. The Labute approximate surface area is 127 Å². The molecule has 0 amide bonds. The van der Waals surface area contributed by atoms with Gasteiger partial charge in [-0.2, -0.15) is 13.7 Å². The normalized spacial score (nSPS) is 14.0. The number of hydrogen-bond donors (Lipinski definition) is 0. The third-order valence-electron chi connectivity index (χ3n) is 2.52. The zero-order valence-electron chi connectivity index (χ0n) is 11.4. The van der Waals surface area contributed by atoms with E-state index >= 15 is 0 Å². The van der Waals surface area contributed by atoms with Crippen LogP contribution in [0.2, 0.25) is 0 Å². The zero-order chi connectivity index (χ0) is 15.5. The molecule has 0 atom stereocenters. The third kappa shape index (κ3) is 4.15. The smallest absolute Gasteiger partial charge is 0.268 e. The summed E-state index contributed by atoms with van der Waals surface area (Å²) in [5.41, 5.74) is 2.79. The van der Waals surface area contributed by atoms with Gasteiger partial charge in [-0.15, -0.1) is 11.3 Å². The van der Waals surface area contributed by atoms with Crippen LogP contribution < -0.4 is 0 Å². The van der Waals surface area contributed by atoms with Gasteiger partial charge in [0.2, 0.25) is 0 Å². The number of nitrogens with zero attached hydrogens (tertiary/aromatic N) is 2. The Morgan fingerprint density at radius 1 is 1.33 bits per heavy atom. The molecular formula is C14H12N2O3S2. The maximum absolute atomic E-state index is 10.9. The van der Waals surface area contributed by atoms with Crippen molar-refractivity contribution in [1.82, 2.24) is 0 Å². The Morgan fingerprint density at radius 2 is 2.00 bits per heavy atom. The number of thiophene rings is 1. The average molecular weight is 320 g/mol. The van der Waals surface area contributed by atoms with E-state index in [2.05, 4.69) is 15.5 Å². The highest BCUT2D eigenvalue weighted by molar-refractivity contribution is 7.85. The molecule has 7 heteroatoms. The summed E-state index contributed by atoms with van der Waals surface area (Å²) in [6.07, 6.45) is 7.53. The summed E-state index contributed by atoms with van der Waals surface area (Å²) in [5.74, 6) is 0. The lowest BCUT2D eigenvalue weighted by Gasteiger charge is -2.05. The van der Waals surface area contributed by atoms with Crippen LogP contribution in [0.15, 0.2) is 46.5 Å². The van der Waals surface area contributed by atoms with Crippen molar-refractivity contribution >= 4 is 32.7 Å². The first-order valence-electron chi connectivity index (χ1n) is 5.92. The molecule has 2 rings (SSSR count). The number of aryl methyl sites for hydroxylation is 1.